The van der Waals surface area contributed by atoms with Crippen molar-refractivity contribution >= 4 is 0 Å². The van der Waals surface area contributed by atoms with Crippen LogP contribution in [0.5, 0.6) is 0 Å². The molecule has 0 spiro atoms. The van der Waals surface area contributed by atoms with E-state index in [1.165, 1.54) is 12.8 Å². The molecule has 0 atom stereocenters. The fraction of sp³-hybridized carbons (Fsp3) is 0.600. The molecule has 0 bridgehead atoms. The molecule has 1 saturated carbocycles. The lowest BCUT2D eigenvalue weighted by atomic mass is 9.94. The molecule has 1 aromatic rings. The van der Waals surface area contributed by atoms with E-state index in [0.717, 1.165) is 24.4 Å². The molecule has 0 aromatic carbocycles. The highest BCUT2D eigenvalue weighted by Crippen LogP contribution is 2.34. The Morgan fingerprint density at radius 3 is 2.69 bits per heavy atom. The van der Waals surface area contributed by atoms with Gasteiger partial charge in [-0.2, -0.15) is 0 Å². The van der Waals surface area contributed by atoms with E-state index in [-0.39, 0.29) is 5.54 Å². The standard InChI is InChI=1S/C10H15N3/c1-8-12-7-4-9(13-8)10(11)5-2-3-6-10/h4,7H,2-3,5-6,11H2,1H3. The van der Waals surface area contributed by atoms with Crippen molar-refractivity contribution in [1.82, 2.24) is 9.97 Å². The summed E-state index contributed by atoms with van der Waals surface area (Å²) < 4.78 is 0. The van der Waals surface area contributed by atoms with Crippen LogP contribution in [0.25, 0.3) is 0 Å². The molecule has 0 amide bonds. The van der Waals surface area contributed by atoms with Gasteiger partial charge >= 0.3 is 0 Å². The van der Waals surface area contributed by atoms with Crippen LogP contribution in [0.15, 0.2) is 12.3 Å². The van der Waals surface area contributed by atoms with Crippen molar-refractivity contribution in [3.05, 3.63) is 23.8 Å². The van der Waals surface area contributed by atoms with Crippen molar-refractivity contribution in [2.24, 2.45) is 5.73 Å². The summed E-state index contributed by atoms with van der Waals surface area (Å²) in [6, 6.07) is 1.94. The number of aromatic nitrogens is 2. The second-order valence-corrected chi connectivity index (χ2v) is 3.85. The van der Waals surface area contributed by atoms with E-state index >= 15 is 0 Å². The van der Waals surface area contributed by atoms with Crippen molar-refractivity contribution in [3.63, 3.8) is 0 Å². The number of rotatable bonds is 1. The van der Waals surface area contributed by atoms with Gasteiger partial charge in [0.05, 0.1) is 11.2 Å². The highest BCUT2D eigenvalue weighted by Gasteiger charge is 2.32. The quantitative estimate of drug-likeness (QED) is 0.707. The average molecular weight is 177 g/mol. The Hall–Kier alpha value is -0.960. The second kappa shape index (κ2) is 3.07. The van der Waals surface area contributed by atoms with Gasteiger partial charge in [-0.3, -0.25) is 0 Å². The molecule has 1 heterocycles. The number of hydrogen-bond acceptors (Lipinski definition) is 3. The Morgan fingerprint density at radius 2 is 2.08 bits per heavy atom. The topological polar surface area (TPSA) is 51.8 Å². The average Bonchev–Trinajstić information content (AvgIpc) is 2.54. The van der Waals surface area contributed by atoms with Crippen molar-refractivity contribution in [2.75, 3.05) is 0 Å². The van der Waals surface area contributed by atoms with Crippen LogP contribution in [-0.2, 0) is 5.54 Å². The Balaban J connectivity index is 2.33. The van der Waals surface area contributed by atoms with Crippen molar-refractivity contribution < 1.29 is 0 Å². The minimum absolute atomic E-state index is 0.173. The summed E-state index contributed by atoms with van der Waals surface area (Å²) in [4.78, 5) is 8.47. The Labute approximate surface area is 78.4 Å². The number of aryl methyl sites for hydroxylation is 1. The summed E-state index contributed by atoms with van der Waals surface area (Å²) in [5.74, 6) is 0.814. The number of nitrogens with zero attached hydrogens (tertiary/aromatic N) is 2. The zero-order valence-corrected chi connectivity index (χ0v) is 7.95. The van der Waals surface area contributed by atoms with Crippen LogP contribution >= 0.6 is 0 Å². The Bertz CT molecular complexity index is 303. The fourth-order valence-corrected chi connectivity index (χ4v) is 2.00. The van der Waals surface area contributed by atoms with Crippen LogP contribution in [0, 0.1) is 6.92 Å². The molecule has 70 valence electrons. The van der Waals surface area contributed by atoms with Gasteiger partial charge in [-0.15, -0.1) is 0 Å². The third-order valence-electron chi connectivity index (χ3n) is 2.78. The number of hydrogen-bond donors (Lipinski definition) is 1. The molecule has 3 nitrogen and oxygen atoms in total. The molecule has 1 fully saturated rings. The first-order chi connectivity index (χ1) is 6.21. The zero-order chi connectivity index (χ0) is 9.31. The van der Waals surface area contributed by atoms with Gasteiger partial charge < -0.3 is 5.73 Å². The predicted molar refractivity (Wildman–Crippen MR) is 51.1 cm³/mol. The molecule has 0 radical (unpaired) electrons. The molecular formula is C10H15N3. The highest BCUT2D eigenvalue weighted by atomic mass is 14.9. The summed E-state index contributed by atoms with van der Waals surface area (Å²) >= 11 is 0. The molecule has 1 aliphatic rings. The minimum Gasteiger partial charge on any atom is -0.320 e. The van der Waals surface area contributed by atoms with E-state index in [1.807, 2.05) is 13.0 Å². The van der Waals surface area contributed by atoms with Gasteiger partial charge in [0, 0.05) is 6.20 Å². The predicted octanol–water partition coefficient (Wildman–Crippen LogP) is 1.51. The Kier molecular flexibility index (Phi) is 2.04. The minimum atomic E-state index is -0.173. The normalized spacial score (nSPS) is 20.5. The lowest BCUT2D eigenvalue weighted by molar-refractivity contribution is 0.445. The molecule has 0 unspecified atom stereocenters. The molecular weight excluding hydrogens is 162 g/mol. The molecule has 3 heteroatoms. The lowest BCUT2D eigenvalue weighted by Crippen LogP contribution is -2.34. The summed E-state index contributed by atoms with van der Waals surface area (Å²) in [7, 11) is 0. The highest BCUT2D eigenvalue weighted by molar-refractivity contribution is 5.15. The van der Waals surface area contributed by atoms with E-state index in [1.54, 1.807) is 6.20 Å². The third-order valence-corrected chi connectivity index (χ3v) is 2.78. The maximum Gasteiger partial charge on any atom is 0.125 e. The van der Waals surface area contributed by atoms with Crippen molar-refractivity contribution in [3.8, 4) is 0 Å². The van der Waals surface area contributed by atoms with Crippen LogP contribution in [0.4, 0.5) is 0 Å². The van der Waals surface area contributed by atoms with Gasteiger partial charge in [0.15, 0.2) is 0 Å². The van der Waals surface area contributed by atoms with Gasteiger partial charge in [0.25, 0.3) is 0 Å². The van der Waals surface area contributed by atoms with Crippen LogP contribution in [-0.4, -0.2) is 9.97 Å². The molecule has 2 N–H and O–H groups in total. The smallest absolute Gasteiger partial charge is 0.125 e. The molecule has 1 aliphatic carbocycles. The molecule has 0 aliphatic heterocycles. The van der Waals surface area contributed by atoms with Gasteiger partial charge in [0.2, 0.25) is 0 Å². The SMILES string of the molecule is Cc1nccc(C2(N)CCCC2)n1. The third kappa shape index (κ3) is 1.56. The molecule has 2 rings (SSSR count). The maximum absolute atomic E-state index is 6.26. The first kappa shape index (κ1) is 8.63. The van der Waals surface area contributed by atoms with E-state index in [2.05, 4.69) is 9.97 Å². The summed E-state index contributed by atoms with van der Waals surface area (Å²) in [5.41, 5.74) is 7.10. The summed E-state index contributed by atoms with van der Waals surface area (Å²) in [5, 5.41) is 0. The second-order valence-electron chi connectivity index (χ2n) is 3.85. The van der Waals surface area contributed by atoms with Crippen molar-refractivity contribution in [2.45, 2.75) is 38.1 Å². The van der Waals surface area contributed by atoms with E-state index in [9.17, 15) is 0 Å². The maximum atomic E-state index is 6.26. The largest absolute Gasteiger partial charge is 0.320 e. The van der Waals surface area contributed by atoms with Crippen LogP contribution in [0.2, 0.25) is 0 Å². The van der Waals surface area contributed by atoms with Gasteiger partial charge in [-0.05, 0) is 25.8 Å². The van der Waals surface area contributed by atoms with Crippen LogP contribution in [0.1, 0.15) is 37.2 Å². The first-order valence-corrected chi connectivity index (χ1v) is 4.80. The number of nitrogens with two attached hydrogens (primary N) is 1. The van der Waals surface area contributed by atoms with Gasteiger partial charge in [0.1, 0.15) is 5.82 Å². The van der Waals surface area contributed by atoms with E-state index in [0.29, 0.717) is 0 Å². The first-order valence-electron chi connectivity index (χ1n) is 4.80. The van der Waals surface area contributed by atoms with Crippen LogP contribution in [0.3, 0.4) is 0 Å². The monoisotopic (exact) mass is 177 g/mol. The molecule has 13 heavy (non-hydrogen) atoms. The van der Waals surface area contributed by atoms with Gasteiger partial charge in [-0.25, -0.2) is 9.97 Å². The van der Waals surface area contributed by atoms with E-state index < -0.39 is 0 Å². The fourth-order valence-electron chi connectivity index (χ4n) is 2.00. The van der Waals surface area contributed by atoms with Gasteiger partial charge in [-0.1, -0.05) is 12.8 Å². The summed E-state index contributed by atoms with van der Waals surface area (Å²) in [6.45, 7) is 1.90. The van der Waals surface area contributed by atoms with Crippen LogP contribution < -0.4 is 5.73 Å². The Morgan fingerprint density at radius 1 is 1.38 bits per heavy atom. The molecule has 0 saturated heterocycles. The molecule has 1 aromatic heterocycles. The van der Waals surface area contributed by atoms with E-state index in [4.69, 9.17) is 5.73 Å². The zero-order valence-electron chi connectivity index (χ0n) is 7.95. The summed E-state index contributed by atoms with van der Waals surface area (Å²) in [6.07, 6.45) is 6.36. The lowest BCUT2D eigenvalue weighted by Gasteiger charge is -2.22. The van der Waals surface area contributed by atoms with Crippen molar-refractivity contribution in [1.29, 1.82) is 0 Å².